The molecule has 50 valence electrons. The second kappa shape index (κ2) is 22.5. The maximum atomic E-state index is 4.69. The molecule has 0 atom stereocenters. The molecule has 0 spiro atoms. The Balaban J connectivity index is -0.0000000267. The van der Waals surface area contributed by atoms with Crippen LogP contribution in [-0.4, -0.2) is 6.61 Å². The summed E-state index contributed by atoms with van der Waals surface area (Å²) in [4.78, 5) is 0. The molecular weight excluding hydrogens is 481 g/mol. The van der Waals surface area contributed by atoms with Crippen LogP contribution in [0, 0.1) is 0 Å². The Morgan fingerprint density at radius 3 is 1.62 bits per heavy atom. The van der Waals surface area contributed by atoms with Crippen molar-refractivity contribution < 1.29 is 96.1 Å². The smallest absolute Gasteiger partial charge is 1.00 e. The van der Waals surface area contributed by atoms with Gasteiger partial charge in [-0.15, -0.1) is 0 Å². The van der Waals surface area contributed by atoms with Crippen LogP contribution in [-0.2, 0) is 24.1 Å². The fourth-order valence-electron chi connectivity index (χ4n) is 0.102. The minimum Gasteiger partial charge on any atom is -1.00 e. The second-order valence-electron chi connectivity index (χ2n) is 0.848. The van der Waals surface area contributed by atoms with Crippen LogP contribution in [0.4, 0.5) is 0 Å². The van der Waals surface area contributed by atoms with Gasteiger partial charge in [0.1, 0.15) is 0 Å². The van der Waals surface area contributed by atoms with E-state index in [-0.39, 0.29) is 71.9 Å². The Labute approximate surface area is 114 Å². The fraction of sp³-hybridized carbons (Fsp3) is 1.00. The maximum absolute atomic E-state index is 4.69. The van der Waals surface area contributed by atoms with Gasteiger partial charge in [-0.1, -0.05) is 0 Å². The third-order valence-corrected chi connectivity index (χ3v) is 0.625. The van der Waals surface area contributed by atoms with Crippen LogP contribution < -0.4 is 71.9 Å². The van der Waals surface area contributed by atoms with E-state index in [0.29, 0.717) is 0 Å². The van der Waals surface area contributed by atoms with Gasteiger partial charge < -0.3 is 71.9 Å². The van der Waals surface area contributed by atoms with Crippen molar-refractivity contribution >= 4 is 0 Å². The van der Waals surface area contributed by atoms with Gasteiger partial charge in [-0.05, 0) is 0 Å². The van der Waals surface area contributed by atoms with Gasteiger partial charge in [0.25, 0.3) is 0 Å². The topological polar surface area (TPSA) is 9.23 Å². The van der Waals surface area contributed by atoms with Gasteiger partial charge in [-0.2, -0.15) is 0 Å². The molecule has 0 aliphatic carbocycles. The second-order valence-corrected chi connectivity index (χ2v) is 1.30. The van der Waals surface area contributed by atoms with Crippen molar-refractivity contribution in [2.75, 3.05) is 6.61 Å². The summed E-state index contributed by atoms with van der Waals surface area (Å²) in [6.07, 6.45) is 1.12. The maximum Gasteiger partial charge on any atom is -1.00 e. The zero-order valence-electron chi connectivity index (χ0n) is 4.46. The van der Waals surface area contributed by atoms with Gasteiger partial charge in [-0.25, -0.2) is 0 Å². The van der Waals surface area contributed by atoms with E-state index >= 15 is 0 Å². The van der Waals surface area contributed by atoms with Crippen LogP contribution in [0.2, 0.25) is 0 Å². The quantitative estimate of drug-likeness (QED) is 0.278. The molecule has 0 radical (unpaired) electrons. The van der Waals surface area contributed by atoms with Crippen LogP contribution in [0.25, 0.3) is 0 Å². The van der Waals surface area contributed by atoms with Gasteiger partial charge in [0.05, 0.1) is 0 Å². The summed E-state index contributed by atoms with van der Waals surface area (Å²) in [5.41, 5.74) is 0. The number of rotatable bonds is 2. The summed E-state index contributed by atoms with van der Waals surface area (Å²) in [6, 6.07) is 0. The van der Waals surface area contributed by atoms with Gasteiger partial charge in [-0.3, -0.25) is 0 Å². The zero-order valence-corrected chi connectivity index (χ0v) is 12.5. The molecule has 0 aromatic carbocycles. The first-order valence-electron chi connectivity index (χ1n) is 1.70. The minimum absolute atomic E-state index is 0. The third-order valence-electron chi connectivity index (χ3n) is 0.306. The average Bonchev–Trinajstić information content (AvgIpc) is 1.41. The Bertz CT molecular complexity index is 22.0. The zero-order chi connectivity index (χ0) is 4.12. The van der Waals surface area contributed by atoms with Crippen LogP contribution in [0.15, 0.2) is 0 Å². The third kappa shape index (κ3) is 23.2. The Morgan fingerprint density at radius 1 is 1.25 bits per heavy atom. The molecule has 0 heterocycles. The summed E-state index contributed by atoms with van der Waals surface area (Å²) in [5.74, 6) is 0. The van der Waals surface area contributed by atoms with E-state index in [1.807, 2.05) is 0 Å². The monoisotopic (exact) mass is 488 g/mol. The van der Waals surface area contributed by atoms with E-state index in [1.54, 1.807) is 20.8 Å². The number of halogens is 3. The molecule has 0 aliphatic rings. The molecule has 0 aromatic heterocycles. The first kappa shape index (κ1) is 22.4. The van der Waals surface area contributed by atoms with Crippen molar-refractivity contribution in [1.29, 1.82) is 0 Å². The molecular formula is C3H7I3OTi. The van der Waals surface area contributed by atoms with Crippen molar-refractivity contribution in [2.45, 2.75) is 13.3 Å². The molecule has 0 N–H and O–H groups in total. The SMILES string of the molecule is CCC[O][Ti+3].[I-].[I-].[I-]. The van der Waals surface area contributed by atoms with E-state index in [0.717, 1.165) is 13.0 Å². The summed E-state index contributed by atoms with van der Waals surface area (Å²) < 4.78 is 4.69. The van der Waals surface area contributed by atoms with Crippen LogP contribution in [0.3, 0.4) is 0 Å². The molecule has 0 aliphatic heterocycles. The van der Waals surface area contributed by atoms with E-state index < -0.39 is 0 Å². The van der Waals surface area contributed by atoms with Crippen molar-refractivity contribution in [3.8, 4) is 0 Å². The predicted molar refractivity (Wildman–Crippen MR) is 16.2 cm³/mol. The molecule has 0 aromatic rings. The number of hydrogen-bond acceptors (Lipinski definition) is 1. The predicted octanol–water partition coefficient (Wildman–Crippen LogP) is -8.11. The molecule has 8 heavy (non-hydrogen) atoms. The number of hydrogen-bond donors (Lipinski definition) is 0. The Hall–Kier alpha value is 2.86. The first-order valence-corrected chi connectivity index (χ1v) is 2.34. The summed E-state index contributed by atoms with van der Waals surface area (Å²) >= 11 is 1.71. The molecule has 5 heteroatoms. The normalized spacial score (nSPS) is 5.38. The minimum atomic E-state index is 0. The molecule has 0 saturated carbocycles. The molecule has 0 unspecified atom stereocenters. The van der Waals surface area contributed by atoms with Crippen molar-refractivity contribution in [3.63, 3.8) is 0 Å². The summed E-state index contributed by atoms with van der Waals surface area (Å²) in [6.45, 7) is 2.98. The summed E-state index contributed by atoms with van der Waals surface area (Å²) in [7, 11) is 0. The average molecular weight is 488 g/mol. The van der Waals surface area contributed by atoms with Gasteiger partial charge in [0.15, 0.2) is 0 Å². The summed E-state index contributed by atoms with van der Waals surface area (Å²) in [5, 5.41) is 0. The molecule has 0 fully saturated rings. The molecule has 0 bridgehead atoms. The van der Waals surface area contributed by atoms with Gasteiger partial charge >= 0.3 is 44.1 Å². The van der Waals surface area contributed by atoms with Crippen LogP contribution >= 0.6 is 0 Å². The van der Waals surface area contributed by atoms with Crippen LogP contribution in [0.5, 0.6) is 0 Å². The Morgan fingerprint density at radius 2 is 1.62 bits per heavy atom. The van der Waals surface area contributed by atoms with Gasteiger partial charge in [0, 0.05) is 0 Å². The molecule has 0 saturated heterocycles. The van der Waals surface area contributed by atoms with Crippen molar-refractivity contribution in [1.82, 2.24) is 0 Å². The molecule has 1 nitrogen and oxygen atoms in total. The van der Waals surface area contributed by atoms with E-state index in [4.69, 9.17) is 3.32 Å². The Kier molecular flexibility index (Phi) is 63.2. The van der Waals surface area contributed by atoms with Crippen molar-refractivity contribution in [2.24, 2.45) is 0 Å². The van der Waals surface area contributed by atoms with Crippen LogP contribution in [0.1, 0.15) is 13.3 Å². The van der Waals surface area contributed by atoms with Gasteiger partial charge in [0.2, 0.25) is 0 Å². The first-order chi connectivity index (χ1) is 2.41. The molecule has 0 rings (SSSR count). The standard InChI is InChI=1S/C3H7O.3HI.Ti/c1-2-3-4;;;;/h2-3H2,1H3;3*1H;/q-1;;;;+4/p-3. The largest absolute Gasteiger partial charge is 1.00 e. The van der Waals surface area contributed by atoms with E-state index in [1.165, 1.54) is 0 Å². The fourth-order valence-corrected chi connectivity index (χ4v) is 0.421. The molecule has 0 amide bonds. The van der Waals surface area contributed by atoms with E-state index in [9.17, 15) is 0 Å². The van der Waals surface area contributed by atoms with Crippen molar-refractivity contribution in [3.05, 3.63) is 0 Å². The van der Waals surface area contributed by atoms with E-state index in [2.05, 4.69) is 6.92 Å².